The molecule has 2 atom stereocenters. The van der Waals surface area contributed by atoms with Gasteiger partial charge < -0.3 is 14.8 Å². The van der Waals surface area contributed by atoms with E-state index in [1.807, 2.05) is 13.8 Å². The third-order valence-electron chi connectivity index (χ3n) is 4.87. The van der Waals surface area contributed by atoms with Gasteiger partial charge in [-0.1, -0.05) is 0 Å². The van der Waals surface area contributed by atoms with E-state index in [4.69, 9.17) is 14.5 Å². The number of thiophene rings is 1. The number of nitrogens with zero attached hydrogens (tertiary/aromatic N) is 1. The Morgan fingerprint density at radius 2 is 2.25 bits per heavy atom. The largest absolute Gasteiger partial charge is 0.494 e. The van der Waals surface area contributed by atoms with Crippen LogP contribution in [-0.4, -0.2) is 17.7 Å². The van der Waals surface area contributed by atoms with Crippen LogP contribution >= 0.6 is 22.7 Å². The molecule has 148 valence electrons. The summed E-state index contributed by atoms with van der Waals surface area (Å²) in [5.41, 5.74) is 4.79. The van der Waals surface area contributed by atoms with Crippen molar-refractivity contribution in [1.29, 1.82) is 0 Å². The van der Waals surface area contributed by atoms with Gasteiger partial charge in [-0.25, -0.2) is 4.98 Å². The van der Waals surface area contributed by atoms with Gasteiger partial charge in [0, 0.05) is 35.2 Å². The number of aryl methyl sites for hydroxylation is 1. The zero-order valence-corrected chi connectivity index (χ0v) is 18.2. The van der Waals surface area contributed by atoms with E-state index in [1.54, 1.807) is 22.7 Å². The highest BCUT2D eigenvalue weighted by Gasteiger charge is 2.23. The van der Waals surface area contributed by atoms with Crippen molar-refractivity contribution in [1.82, 2.24) is 10.3 Å². The maximum Gasteiger partial charge on any atom is 0.124 e. The van der Waals surface area contributed by atoms with E-state index in [0.717, 1.165) is 40.6 Å². The fourth-order valence-electron chi connectivity index (χ4n) is 3.57. The van der Waals surface area contributed by atoms with Gasteiger partial charge in [-0.2, -0.15) is 11.3 Å². The molecule has 0 radical (unpaired) electrons. The Balaban J connectivity index is 1.55. The molecule has 0 fully saturated rings. The highest BCUT2D eigenvalue weighted by atomic mass is 32.1. The molecular formula is C22H26N2O2S2. The van der Waals surface area contributed by atoms with Crippen LogP contribution in [0.25, 0.3) is 0 Å². The molecule has 4 nitrogen and oxygen atoms in total. The molecule has 0 amide bonds. The molecule has 3 heterocycles. The molecule has 0 spiro atoms. The van der Waals surface area contributed by atoms with E-state index in [2.05, 4.69) is 46.6 Å². The Hall–Kier alpha value is -1.89. The number of thiazole rings is 1. The molecule has 1 aliphatic heterocycles. The number of hydrogen-bond donors (Lipinski definition) is 1. The monoisotopic (exact) mass is 414 g/mol. The summed E-state index contributed by atoms with van der Waals surface area (Å²) in [7, 11) is 0. The Labute approximate surface area is 174 Å². The third-order valence-corrected chi connectivity index (χ3v) is 6.68. The van der Waals surface area contributed by atoms with Crippen LogP contribution in [0, 0.1) is 6.92 Å². The predicted octanol–water partition coefficient (Wildman–Crippen LogP) is 5.31. The van der Waals surface area contributed by atoms with Crippen molar-refractivity contribution in [2.45, 2.75) is 52.3 Å². The van der Waals surface area contributed by atoms with Crippen LogP contribution in [-0.2, 0) is 19.4 Å². The number of hydrogen-bond acceptors (Lipinski definition) is 6. The minimum atomic E-state index is 0.177. The molecule has 6 heteroatoms. The summed E-state index contributed by atoms with van der Waals surface area (Å²) >= 11 is 3.46. The van der Waals surface area contributed by atoms with E-state index in [1.165, 1.54) is 11.1 Å². The lowest BCUT2D eigenvalue weighted by atomic mass is 10.1. The first-order chi connectivity index (χ1) is 13.6. The van der Waals surface area contributed by atoms with Crippen LogP contribution in [0.3, 0.4) is 0 Å². The smallest absolute Gasteiger partial charge is 0.124 e. The van der Waals surface area contributed by atoms with E-state index in [0.29, 0.717) is 13.2 Å². The van der Waals surface area contributed by atoms with Gasteiger partial charge in [0.25, 0.3) is 0 Å². The maximum atomic E-state index is 5.97. The fraction of sp³-hybridized carbons (Fsp3) is 0.409. The highest BCUT2D eigenvalue weighted by molar-refractivity contribution is 7.09. The second kappa shape index (κ2) is 8.64. The Kier molecular flexibility index (Phi) is 5.99. The first-order valence-electron chi connectivity index (χ1n) is 9.74. The van der Waals surface area contributed by atoms with E-state index < -0.39 is 0 Å². The SMILES string of the molecule is CCOc1cc2c(cc1CN[C@H](Cc1ccsc1)c1nc(C)cs1)O[C@H](C)C2. The van der Waals surface area contributed by atoms with Crippen LogP contribution < -0.4 is 14.8 Å². The van der Waals surface area contributed by atoms with Gasteiger partial charge in [-0.05, 0) is 61.7 Å². The lowest BCUT2D eigenvalue weighted by Crippen LogP contribution is -2.23. The average Bonchev–Trinajstić information content (AvgIpc) is 3.39. The minimum Gasteiger partial charge on any atom is -0.494 e. The van der Waals surface area contributed by atoms with Crippen molar-refractivity contribution >= 4 is 22.7 Å². The summed E-state index contributed by atoms with van der Waals surface area (Å²) in [6, 6.07) is 6.67. The van der Waals surface area contributed by atoms with Crippen molar-refractivity contribution in [2.75, 3.05) is 6.61 Å². The van der Waals surface area contributed by atoms with Crippen molar-refractivity contribution in [3.63, 3.8) is 0 Å². The third kappa shape index (κ3) is 4.40. The second-order valence-corrected chi connectivity index (χ2v) is 8.90. The number of benzene rings is 1. The van der Waals surface area contributed by atoms with Crippen molar-refractivity contribution in [3.8, 4) is 11.5 Å². The molecule has 4 rings (SSSR count). The molecule has 1 aromatic carbocycles. The van der Waals surface area contributed by atoms with Gasteiger partial charge in [-0.15, -0.1) is 11.3 Å². The molecule has 0 saturated heterocycles. The summed E-state index contributed by atoms with van der Waals surface area (Å²) < 4.78 is 11.9. The van der Waals surface area contributed by atoms with E-state index in [9.17, 15) is 0 Å². The number of aromatic nitrogens is 1. The zero-order valence-electron chi connectivity index (χ0n) is 16.5. The molecule has 0 unspecified atom stereocenters. The standard InChI is InChI=1S/C22H26N2O2S2/c1-4-25-20-9-17-7-15(3)26-21(17)10-18(20)11-23-19(8-16-5-6-27-13-16)22-24-14(2)12-28-22/h5-6,9-10,12-13,15,19,23H,4,7-8,11H2,1-3H3/t15-,19-/m1/s1. The Bertz CT molecular complexity index is 921. The average molecular weight is 415 g/mol. The first-order valence-corrected chi connectivity index (χ1v) is 11.6. The number of nitrogens with one attached hydrogen (secondary N) is 1. The fourth-order valence-corrected chi connectivity index (χ4v) is 5.12. The van der Waals surface area contributed by atoms with E-state index in [-0.39, 0.29) is 12.1 Å². The quantitative estimate of drug-likeness (QED) is 0.542. The first kappa shape index (κ1) is 19.4. The minimum absolute atomic E-state index is 0.177. The summed E-state index contributed by atoms with van der Waals surface area (Å²) in [4.78, 5) is 4.73. The van der Waals surface area contributed by atoms with Crippen LogP contribution in [0.2, 0.25) is 0 Å². The van der Waals surface area contributed by atoms with Crippen molar-refractivity contribution in [3.05, 3.63) is 61.7 Å². The van der Waals surface area contributed by atoms with E-state index >= 15 is 0 Å². The van der Waals surface area contributed by atoms with Crippen LogP contribution in [0.1, 0.15) is 47.3 Å². The topological polar surface area (TPSA) is 43.4 Å². The summed E-state index contributed by atoms with van der Waals surface area (Å²) in [5.74, 6) is 1.95. The molecule has 1 N–H and O–H groups in total. The Morgan fingerprint density at radius 3 is 2.96 bits per heavy atom. The lowest BCUT2D eigenvalue weighted by Gasteiger charge is -2.18. The van der Waals surface area contributed by atoms with Gasteiger partial charge in [0.05, 0.1) is 12.6 Å². The highest BCUT2D eigenvalue weighted by Crippen LogP contribution is 2.35. The zero-order chi connectivity index (χ0) is 19.5. The molecule has 1 aliphatic rings. The molecule has 2 aromatic heterocycles. The number of ether oxygens (including phenoxy) is 2. The summed E-state index contributed by atoms with van der Waals surface area (Å²) in [5, 5.41) is 11.3. The molecule has 28 heavy (non-hydrogen) atoms. The molecular weight excluding hydrogens is 388 g/mol. The number of rotatable bonds is 8. The normalized spacial score (nSPS) is 16.6. The summed E-state index contributed by atoms with van der Waals surface area (Å²) in [6.45, 7) is 7.56. The molecule has 3 aromatic rings. The molecule has 0 aliphatic carbocycles. The van der Waals surface area contributed by atoms with Gasteiger partial charge in [-0.3, -0.25) is 0 Å². The van der Waals surface area contributed by atoms with Gasteiger partial charge in [0.1, 0.15) is 22.6 Å². The lowest BCUT2D eigenvalue weighted by molar-refractivity contribution is 0.254. The molecule has 0 saturated carbocycles. The molecule has 0 bridgehead atoms. The van der Waals surface area contributed by atoms with Crippen molar-refractivity contribution < 1.29 is 9.47 Å². The second-order valence-electron chi connectivity index (χ2n) is 7.23. The maximum absolute atomic E-state index is 5.97. The number of fused-ring (bicyclic) bond motifs is 1. The predicted molar refractivity (Wildman–Crippen MR) is 116 cm³/mol. The van der Waals surface area contributed by atoms with Gasteiger partial charge >= 0.3 is 0 Å². The van der Waals surface area contributed by atoms with Crippen molar-refractivity contribution in [2.24, 2.45) is 0 Å². The Morgan fingerprint density at radius 1 is 1.36 bits per heavy atom. The van der Waals surface area contributed by atoms with Crippen LogP contribution in [0.4, 0.5) is 0 Å². The summed E-state index contributed by atoms with van der Waals surface area (Å²) in [6.07, 6.45) is 2.11. The van der Waals surface area contributed by atoms with Gasteiger partial charge in [0.15, 0.2) is 0 Å². The van der Waals surface area contributed by atoms with Gasteiger partial charge in [0.2, 0.25) is 0 Å². The van der Waals surface area contributed by atoms with Crippen LogP contribution in [0.5, 0.6) is 11.5 Å². The van der Waals surface area contributed by atoms with Crippen LogP contribution in [0.15, 0.2) is 34.3 Å².